The Kier molecular flexibility index (Phi) is 9.82. The molecule has 0 aliphatic carbocycles. The average molecular weight is 603 g/mol. The van der Waals surface area contributed by atoms with Crippen LogP contribution >= 0.6 is 22.7 Å². The van der Waals surface area contributed by atoms with E-state index in [1.165, 1.54) is 36.7 Å². The number of benzene rings is 2. The number of fused-ring (bicyclic) bond motifs is 2. The molecule has 1 atom stereocenters. The van der Waals surface area contributed by atoms with Crippen LogP contribution in [0.25, 0.3) is 20.2 Å². The van der Waals surface area contributed by atoms with Crippen LogP contribution in [0.1, 0.15) is 52.7 Å². The van der Waals surface area contributed by atoms with Crippen molar-refractivity contribution >= 4 is 60.6 Å². The van der Waals surface area contributed by atoms with E-state index in [2.05, 4.69) is 0 Å². The van der Waals surface area contributed by atoms with Gasteiger partial charge in [-0.1, -0.05) is 6.92 Å². The largest absolute Gasteiger partial charge is 0.496 e. The molecule has 0 aliphatic heterocycles. The van der Waals surface area contributed by atoms with E-state index in [4.69, 9.17) is 24.4 Å². The summed E-state index contributed by atoms with van der Waals surface area (Å²) >= 11 is 2.72. The normalized spacial score (nSPS) is 12.0. The van der Waals surface area contributed by atoms with Crippen LogP contribution in [0, 0.1) is 11.7 Å². The molecule has 0 spiro atoms. The number of aliphatic carboxylic acids is 2. The average Bonchev–Trinajstić information content (AvgIpc) is 3.54. The fourth-order valence-electron chi connectivity index (χ4n) is 4.52. The molecule has 0 amide bonds. The molecule has 4 rings (SSSR count). The number of halogens is 1. The number of methoxy groups -OCH3 is 2. The van der Waals surface area contributed by atoms with Crippen LogP contribution < -0.4 is 14.2 Å². The van der Waals surface area contributed by atoms with E-state index in [1.54, 1.807) is 25.3 Å². The maximum Gasteiger partial charge on any atom is 0.306 e. The van der Waals surface area contributed by atoms with Crippen LogP contribution in [-0.4, -0.2) is 48.8 Å². The molecule has 2 heterocycles. The summed E-state index contributed by atoms with van der Waals surface area (Å²) in [5.74, 6) is -2.34. The highest BCUT2D eigenvalue weighted by atomic mass is 32.1. The predicted octanol–water partition coefficient (Wildman–Crippen LogP) is 6.98. The fourth-order valence-corrected chi connectivity index (χ4v) is 6.67. The van der Waals surface area contributed by atoms with Crippen molar-refractivity contribution in [2.75, 3.05) is 20.8 Å². The van der Waals surface area contributed by atoms with E-state index in [9.17, 15) is 14.4 Å². The molecule has 11 heteroatoms. The first kappa shape index (κ1) is 30.3. The highest BCUT2D eigenvalue weighted by molar-refractivity contribution is 7.21. The summed E-state index contributed by atoms with van der Waals surface area (Å²) in [5, 5.41) is 19.3. The molecular formula is C30H31FO8S2. The Morgan fingerprint density at radius 3 is 2.34 bits per heavy atom. The number of Topliss-reactive ketones (excluding diaryl/α,β-unsaturated/α-hetero) is 1. The van der Waals surface area contributed by atoms with Crippen molar-refractivity contribution in [3.63, 3.8) is 0 Å². The number of rotatable bonds is 15. The van der Waals surface area contributed by atoms with Crippen molar-refractivity contribution in [2.45, 2.75) is 45.4 Å². The number of hydrogen-bond donors (Lipinski definition) is 2. The van der Waals surface area contributed by atoms with Crippen molar-refractivity contribution in [1.29, 1.82) is 0 Å². The third-order valence-electron chi connectivity index (χ3n) is 6.71. The molecule has 2 N–H and O–H groups in total. The van der Waals surface area contributed by atoms with E-state index in [1.807, 2.05) is 12.1 Å². The van der Waals surface area contributed by atoms with Crippen LogP contribution in [0.4, 0.5) is 4.39 Å². The Morgan fingerprint density at radius 1 is 0.927 bits per heavy atom. The number of carboxylic acids is 2. The van der Waals surface area contributed by atoms with E-state index < -0.39 is 23.7 Å². The van der Waals surface area contributed by atoms with E-state index >= 15 is 4.39 Å². The molecule has 0 saturated heterocycles. The lowest BCUT2D eigenvalue weighted by Gasteiger charge is -2.13. The lowest BCUT2D eigenvalue weighted by Crippen LogP contribution is -2.13. The number of thiophene rings is 2. The molecule has 2 aromatic carbocycles. The first-order valence-corrected chi connectivity index (χ1v) is 14.7. The first-order valence-electron chi connectivity index (χ1n) is 13.1. The van der Waals surface area contributed by atoms with Crippen molar-refractivity contribution in [1.82, 2.24) is 0 Å². The van der Waals surface area contributed by atoms with Crippen LogP contribution in [0.2, 0.25) is 0 Å². The summed E-state index contributed by atoms with van der Waals surface area (Å²) in [7, 11) is 3.03. The number of ether oxygens (including phenoxy) is 3. The Balaban J connectivity index is 1.44. The number of carbonyl (C=O) groups excluding carboxylic acids is 1. The monoisotopic (exact) mass is 602 g/mol. The van der Waals surface area contributed by atoms with Crippen LogP contribution in [0.5, 0.6) is 17.2 Å². The summed E-state index contributed by atoms with van der Waals surface area (Å²) in [5.41, 5.74) is 0.908. The van der Waals surface area contributed by atoms with Crippen LogP contribution in [-0.2, 0) is 22.4 Å². The van der Waals surface area contributed by atoms with Gasteiger partial charge in [0.15, 0.2) is 23.1 Å². The summed E-state index contributed by atoms with van der Waals surface area (Å²) in [4.78, 5) is 35.9. The predicted molar refractivity (Wildman–Crippen MR) is 157 cm³/mol. The molecule has 0 aliphatic rings. The molecule has 8 nitrogen and oxygen atoms in total. The van der Waals surface area contributed by atoms with E-state index in [-0.39, 0.29) is 31.0 Å². The summed E-state index contributed by atoms with van der Waals surface area (Å²) in [6, 6.07) is 9.08. The lowest BCUT2D eigenvalue weighted by molar-refractivity contribution is -0.141. The molecule has 0 radical (unpaired) electrons. The molecule has 0 unspecified atom stereocenters. The highest BCUT2D eigenvalue weighted by Crippen LogP contribution is 2.40. The van der Waals surface area contributed by atoms with Gasteiger partial charge in [0.2, 0.25) is 0 Å². The Hall–Kier alpha value is -3.70. The number of hydrogen-bond acceptors (Lipinski definition) is 8. The fraction of sp³-hybridized carbons (Fsp3) is 0.367. The molecule has 41 heavy (non-hydrogen) atoms. The first-order chi connectivity index (χ1) is 19.6. The van der Waals surface area contributed by atoms with Crippen molar-refractivity contribution in [2.24, 2.45) is 5.92 Å². The van der Waals surface area contributed by atoms with Gasteiger partial charge in [-0.25, -0.2) is 4.39 Å². The van der Waals surface area contributed by atoms with Gasteiger partial charge in [-0.2, -0.15) is 0 Å². The Morgan fingerprint density at radius 2 is 1.66 bits per heavy atom. The number of carbonyl (C=O) groups is 3. The summed E-state index contributed by atoms with van der Waals surface area (Å²) < 4.78 is 33.9. The molecule has 0 fully saturated rings. The van der Waals surface area contributed by atoms with Crippen molar-refractivity contribution in [3.8, 4) is 17.2 Å². The zero-order valence-electron chi connectivity index (χ0n) is 23.0. The molecule has 0 saturated carbocycles. The second-order valence-corrected chi connectivity index (χ2v) is 12.0. The lowest BCUT2D eigenvalue weighted by atomic mass is 10.0. The minimum absolute atomic E-state index is 0.0360. The third kappa shape index (κ3) is 7.15. The van der Waals surface area contributed by atoms with Crippen LogP contribution in [0.3, 0.4) is 0 Å². The zero-order chi connectivity index (χ0) is 29.7. The van der Waals surface area contributed by atoms with Gasteiger partial charge in [0.25, 0.3) is 0 Å². The Bertz CT molecular complexity index is 1590. The Labute approximate surface area is 244 Å². The van der Waals surface area contributed by atoms with Gasteiger partial charge in [0.05, 0.1) is 31.6 Å². The van der Waals surface area contributed by atoms with Gasteiger partial charge in [0.1, 0.15) is 5.75 Å². The molecule has 2 aromatic heterocycles. The topological polar surface area (TPSA) is 119 Å². The molecule has 0 bridgehead atoms. The highest BCUT2D eigenvalue weighted by Gasteiger charge is 2.21. The molecule has 218 valence electrons. The number of aryl methyl sites for hydroxylation is 2. The quantitative estimate of drug-likeness (QED) is 0.110. The number of ketones is 1. The van der Waals surface area contributed by atoms with Gasteiger partial charge in [-0.3, -0.25) is 14.4 Å². The minimum Gasteiger partial charge on any atom is -0.496 e. The van der Waals surface area contributed by atoms with Gasteiger partial charge in [-0.15, -0.1) is 22.7 Å². The third-order valence-corrected chi connectivity index (χ3v) is 8.99. The summed E-state index contributed by atoms with van der Waals surface area (Å²) in [6.45, 7) is 1.73. The van der Waals surface area contributed by atoms with Gasteiger partial charge < -0.3 is 24.4 Å². The van der Waals surface area contributed by atoms with Crippen molar-refractivity contribution < 1.29 is 43.2 Å². The second kappa shape index (κ2) is 13.3. The maximum atomic E-state index is 15.4. The molecule has 4 aromatic rings. The molecular weight excluding hydrogens is 571 g/mol. The van der Waals surface area contributed by atoms with E-state index in [0.717, 1.165) is 20.5 Å². The van der Waals surface area contributed by atoms with Crippen LogP contribution in [0.15, 0.2) is 30.3 Å². The number of carboxylic acid groups (broad SMARTS) is 2. The minimum atomic E-state index is -1.00. The van der Waals surface area contributed by atoms with Gasteiger partial charge in [-0.05, 0) is 60.9 Å². The van der Waals surface area contributed by atoms with E-state index in [0.29, 0.717) is 52.1 Å². The smallest absolute Gasteiger partial charge is 0.306 e. The standard InChI is InChI=1S/C30H31FO8S2/c1-16(30(35)36)10-21(32)26-12-18-11-17(22(37-2)14-24(18)41-26)6-5-9-39-29-23(38-3)15-25-20(28(29)31)13-19(40-25)7-4-8-27(33)34/h11-16H,4-10H2,1-3H3,(H,33,34)(H,35,36)/t16-/m0/s1. The second-order valence-electron chi connectivity index (χ2n) is 9.72. The van der Waals surface area contributed by atoms with Gasteiger partial charge >= 0.3 is 11.9 Å². The maximum absolute atomic E-state index is 15.4. The SMILES string of the molecule is COc1cc2sc(C(=O)C[C@H](C)C(=O)O)cc2cc1CCCOc1c(OC)cc2sc(CCCC(=O)O)cc2c1F. The van der Waals surface area contributed by atoms with Crippen molar-refractivity contribution in [3.05, 3.63) is 51.5 Å². The zero-order valence-corrected chi connectivity index (χ0v) is 24.6. The van der Waals surface area contributed by atoms with Gasteiger partial charge in [0, 0.05) is 38.6 Å². The summed E-state index contributed by atoms with van der Waals surface area (Å²) in [6.07, 6.45) is 2.16.